The van der Waals surface area contributed by atoms with E-state index in [0.717, 1.165) is 0 Å². The van der Waals surface area contributed by atoms with Crippen molar-refractivity contribution >= 4 is 43.2 Å². The molecule has 0 aliphatic heterocycles. The lowest BCUT2D eigenvalue weighted by atomic mass is 10.9. The van der Waals surface area contributed by atoms with Crippen LogP contribution >= 0.6 is 43.2 Å². The maximum absolute atomic E-state index is 8.26. The molecule has 0 aliphatic rings. The van der Waals surface area contributed by atoms with Crippen LogP contribution in [0.1, 0.15) is 0 Å². The van der Waals surface area contributed by atoms with Crippen LogP contribution in [0.25, 0.3) is 0 Å². The fraction of sp³-hybridized carbons (Fsp3) is 1.00. The summed E-state index contributed by atoms with van der Waals surface area (Å²) >= 11 is 15.5. The van der Waals surface area contributed by atoms with Crippen LogP contribution in [0.3, 0.4) is 0 Å². The highest BCUT2D eigenvalue weighted by Crippen LogP contribution is 2.38. The predicted octanol–water partition coefficient (Wildman–Crippen LogP) is 1.65. The van der Waals surface area contributed by atoms with Gasteiger partial charge < -0.3 is 9.79 Å². The lowest BCUT2D eigenvalue weighted by Gasteiger charge is -2.09. The van der Waals surface area contributed by atoms with Crippen molar-refractivity contribution < 1.29 is 9.79 Å². The Balaban J connectivity index is 3.39. The molecule has 0 saturated heterocycles. The van der Waals surface area contributed by atoms with E-state index in [1.54, 1.807) is 0 Å². The molecule has 8 heavy (non-hydrogen) atoms. The molecular weight excluding hydrogens is 193 g/mol. The third-order valence-electron chi connectivity index (χ3n) is 0.321. The molecular formula is C2H4Cl3O2P. The van der Waals surface area contributed by atoms with Crippen molar-refractivity contribution in [3.8, 4) is 0 Å². The highest BCUT2D eigenvalue weighted by molar-refractivity contribution is 7.45. The monoisotopic (exact) mass is 196 g/mol. The zero-order chi connectivity index (χ0) is 6.78. The number of hydrogen-bond donors (Lipinski definition) is 2. The average molecular weight is 197 g/mol. The summed E-state index contributed by atoms with van der Waals surface area (Å²) in [6.07, 6.45) is -0.201. The van der Waals surface area contributed by atoms with E-state index in [9.17, 15) is 0 Å². The van der Waals surface area contributed by atoms with Crippen LogP contribution in [0.15, 0.2) is 0 Å². The van der Waals surface area contributed by atoms with E-state index in [1.165, 1.54) is 0 Å². The minimum atomic E-state index is -2.08. The van der Waals surface area contributed by atoms with E-state index in [0.29, 0.717) is 0 Å². The number of alkyl halides is 3. The van der Waals surface area contributed by atoms with Crippen LogP contribution in [-0.2, 0) is 0 Å². The van der Waals surface area contributed by atoms with E-state index in [2.05, 4.69) is 0 Å². The first-order chi connectivity index (χ1) is 3.42. The van der Waals surface area contributed by atoms with Crippen LogP contribution in [-0.4, -0.2) is 19.7 Å². The second kappa shape index (κ2) is 3.40. The molecule has 2 nitrogen and oxygen atoms in total. The zero-order valence-corrected chi connectivity index (χ0v) is 6.84. The van der Waals surface area contributed by atoms with Crippen molar-refractivity contribution in [2.24, 2.45) is 0 Å². The van der Waals surface area contributed by atoms with Crippen molar-refractivity contribution in [1.29, 1.82) is 0 Å². The van der Waals surface area contributed by atoms with Gasteiger partial charge in [-0.15, -0.1) is 0 Å². The molecule has 0 fully saturated rings. The molecule has 0 aromatic carbocycles. The van der Waals surface area contributed by atoms with Gasteiger partial charge in [-0.2, -0.15) is 0 Å². The summed E-state index contributed by atoms with van der Waals surface area (Å²) in [5, 5.41) is 0. The summed E-state index contributed by atoms with van der Waals surface area (Å²) in [4.78, 5) is 16.5. The summed E-state index contributed by atoms with van der Waals surface area (Å²) < 4.78 is -1.53. The third-order valence-corrected chi connectivity index (χ3v) is 2.04. The Labute approximate surface area is 63.3 Å². The lowest BCUT2D eigenvalue weighted by molar-refractivity contribution is 0.483. The van der Waals surface area contributed by atoms with Gasteiger partial charge >= 0.3 is 0 Å². The largest absolute Gasteiger partial charge is 0.350 e. The highest BCUT2D eigenvalue weighted by Gasteiger charge is 2.23. The normalized spacial score (nSPS) is 12.8. The van der Waals surface area contributed by atoms with Gasteiger partial charge in [-0.05, 0) is 0 Å². The molecule has 0 atom stereocenters. The van der Waals surface area contributed by atoms with Crippen LogP contribution in [0, 0.1) is 0 Å². The van der Waals surface area contributed by atoms with Gasteiger partial charge in [0.25, 0.3) is 0 Å². The lowest BCUT2D eigenvalue weighted by Crippen LogP contribution is -2.06. The molecule has 0 bridgehead atoms. The molecule has 0 radical (unpaired) electrons. The summed E-state index contributed by atoms with van der Waals surface area (Å²) in [5.74, 6) is 0. The number of rotatable bonds is 1. The van der Waals surface area contributed by atoms with Crippen molar-refractivity contribution in [3.05, 3.63) is 0 Å². The fourth-order valence-corrected chi connectivity index (χ4v) is 1.44. The Kier molecular flexibility index (Phi) is 3.92. The second-order valence-corrected chi connectivity index (χ2v) is 4.72. The molecule has 0 amide bonds. The molecule has 0 rings (SSSR count). The van der Waals surface area contributed by atoms with Gasteiger partial charge in [-0.25, -0.2) is 0 Å². The molecule has 6 heteroatoms. The molecule has 50 valence electrons. The minimum absolute atomic E-state index is 0.201. The van der Waals surface area contributed by atoms with E-state index in [1.807, 2.05) is 0 Å². The maximum atomic E-state index is 8.26. The zero-order valence-electron chi connectivity index (χ0n) is 3.68. The summed E-state index contributed by atoms with van der Waals surface area (Å²) in [6.45, 7) is 0. The molecule has 0 heterocycles. The number of hydrogen-bond acceptors (Lipinski definition) is 2. The van der Waals surface area contributed by atoms with Gasteiger partial charge in [0.2, 0.25) is 0 Å². The van der Waals surface area contributed by atoms with Gasteiger partial charge in [-0.3, -0.25) is 0 Å². The van der Waals surface area contributed by atoms with E-state index in [-0.39, 0.29) is 6.16 Å². The van der Waals surface area contributed by atoms with E-state index in [4.69, 9.17) is 44.6 Å². The Morgan fingerprint density at radius 2 is 1.62 bits per heavy atom. The second-order valence-electron chi connectivity index (χ2n) is 1.15. The van der Waals surface area contributed by atoms with Gasteiger partial charge in [0.1, 0.15) is 0 Å². The van der Waals surface area contributed by atoms with Gasteiger partial charge in [-0.1, -0.05) is 34.8 Å². The Morgan fingerprint density at radius 1 is 1.25 bits per heavy atom. The molecule has 0 spiro atoms. The molecule has 0 saturated carbocycles. The Morgan fingerprint density at radius 3 is 1.62 bits per heavy atom. The van der Waals surface area contributed by atoms with Crippen molar-refractivity contribution in [2.45, 2.75) is 3.79 Å². The smallest absolute Gasteiger partial charge is 0.198 e. The quantitative estimate of drug-likeness (QED) is 0.496. The first kappa shape index (κ1) is 9.22. The topological polar surface area (TPSA) is 40.5 Å². The van der Waals surface area contributed by atoms with Crippen LogP contribution in [0.2, 0.25) is 0 Å². The highest BCUT2D eigenvalue weighted by atomic mass is 35.6. The summed E-state index contributed by atoms with van der Waals surface area (Å²) in [6, 6.07) is 0. The van der Waals surface area contributed by atoms with Gasteiger partial charge in [0.05, 0.1) is 6.16 Å². The maximum Gasteiger partial charge on any atom is 0.198 e. The van der Waals surface area contributed by atoms with E-state index < -0.39 is 12.2 Å². The SMILES string of the molecule is OP(O)CC(Cl)(Cl)Cl. The van der Waals surface area contributed by atoms with Crippen molar-refractivity contribution in [3.63, 3.8) is 0 Å². The van der Waals surface area contributed by atoms with E-state index >= 15 is 0 Å². The van der Waals surface area contributed by atoms with Crippen molar-refractivity contribution in [1.82, 2.24) is 0 Å². The fourth-order valence-electron chi connectivity index (χ4n) is 0.160. The minimum Gasteiger partial charge on any atom is -0.350 e. The number of halogens is 3. The van der Waals surface area contributed by atoms with Crippen LogP contribution in [0.5, 0.6) is 0 Å². The summed E-state index contributed by atoms with van der Waals surface area (Å²) in [5.41, 5.74) is 0. The molecule has 0 unspecified atom stereocenters. The van der Waals surface area contributed by atoms with Gasteiger partial charge in [0, 0.05) is 0 Å². The van der Waals surface area contributed by atoms with Crippen molar-refractivity contribution in [2.75, 3.05) is 6.16 Å². The first-order valence-corrected chi connectivity index (χ1v) is 4.20. The summed E-state index contributed by atoms with van der Waals surface area (Å²) in [7, 11) is -2.08. The van der Waals surface area contributed by atoms with Gasteiger partial charge in [0.15, 0.2) is 12.2 Å². The molecule has 2 N–H and O–H groups in total. The predicted molar refractivity (Wildman–Crippen MR) is 36.5 cm³/mol. The third kappa shape index (κ3) is 7.22. The average Bonchev–Trinajstić information content (AvgIpc) is 1.21. The Bertz CT molecular complexity index is 70.2. The standard InChI is InChI=1S/C2H4Cl3O2P/c3-2(4,5)1-8(6)7/h6-7H,1H2. The first-order valence-electron chi connectivity index (χ1n) is 1.64. The Hall–Kier alpha value is 1.22. The molecule has 0 aromatic heterocycles. The van der Waals surface area contributed by atoms with Crippen LogP contribution < -0.4 is 0 Å². The molecule has 0 aliphatic carbocycles. The van der Waals surface area contributed by atoms with Crippen LogP contribution in [0.4, 0.5) is 0 Å². The molecule has 0 aromatic rings.